The van der Waals surface area contributed by atoms with Gasteiger partial charge in [0.15, 0.2) is 5.65 Å². The highest BCUT2D eigenvalue weighted by Gasteiger charge is 2.23. The van der Waals surface area contributed by atoms with Crippen molar-refractivity contribution in [3.05, 3.63) is 53.9 Å². The molecule has 2 aromatic heterocycles. The number of nitrogens with zero attached hydrogens (tertiary/aromatic N) is 3. The number of aryl methyl sites for hydroxylation is 1. The topological polar surface area (TPSA) is 59.3 Å². The number of fused-ring (bicyclic) bond motifs is 1. The van der Waals surface area contributed by atoms with Crippen LogP contribution in [0.25, 0.3) is 22.5 Å². The van der Waals surface area contributed by atoms with Crippen LogP contribution in [0.1, 0.15) is 57.7 Å². The summed E-state index contributed by atoms with van der Waals surface area (Å²) < 4.78 is 1.94. The third-order valence-electron chi connectivity index (χ3n) is 5.43. The molecular formula is C24H28N4O. The van der Waals surface area contributed by atoms with Gasteiger partial charge in [-0.3, -0.25) is 4.79 Å². The minimum Gasteiger partial charge on any atom is -0.325 e. The van der Waals surface area contributed by atoms with Crippen LogP contribution >= 0.6 is 0 Å². The molecular weight excluding hydrogens is 360 g/mol. The van der Waals surface area contributed by atoms with Crippen molar-refractivity contribution in [2.45, 2.75) is 53.4 Å². The number of carbonyl (C=O) groups is 1. The van der Waals surface area contributed by atoms with Gasteiger partial charge in [-0.25, -0.2) is 9.50 Å². The smallest absolute Gasteiger partial charge is 0.229 e. The molecule has 1 amide bonds. The second-order valence-electron chi connectivity index (χ2n) is 8.81. The lowest BCUT2D eigenvalue weighted by Gasteiger charge is -2.19. The number of allylic oxidation sites excluding steroid dienone is 2. The molecule has 0 saturated heterocycles. The van der Waals surface area contributed by atoms with Crippen molar-refractivity contribution in [1.29, 1.82) is 0 Å². The second-order valence-corrected chi connectivity index (χ2v) is 8.81. The maximum absolute atomic E-state index is 12.5. The Balaban J connectivity index is 1.84. The normalized spacial score (nSPS) is 14.7. The summed E-state index contributed by atoms with van der Waals surface area (Å²) in [7, 11) is 0. The molecule has 0 radical (unpaired) electrons. The zero-order valence-electron chi connectivity index (χ0n) is 17.6. The predicted octanol–water partition coefficient (Wildman–Crippen LogP) is 5.65. The van der Waals surface area contributed by atoms with E-state index in [4.69, 9.17) is 4.98 Å². The van der Waals surface area contributed by atoms with E-state index in [2.05, 4.69) is 22.6 Å². The van der Waals surface area contributed by atoms with Gasteiger partial charge in [-0.15, -0.1) is 0 Å². The molecule has 0 saturated carbocycles. The van der Waals surface area contributed by atoms with Gasteiger partial charge in [0.25, 0.3) is 0 Å². The third-order valence-corrected chi connectivity index (χ3v) is 5.43. The van der Waals surface area contributed by atoms with Gasteiger partial charge in [-0.05, 0) is 61.9 Å². The van der Waals surface area contributed by atoms with Crippen LogP contribution in [0.4, 0.5) is 5.69 Å². The molecule has 1 aliphatic carbocycles. The van der Waals surface area contributed by atoms with Crippen LogP contribution in [0.3, 0.4) is 0 Å². The molecule has 0 unspecified atom stereocenters. The third kappa shape index (κ3) is 3.82. The Bertz CT molecular complexity index is 1100. The van der Waals surface area contributed by atoms with Crippen molar-refractivity contribution >= 4 is 22.8 Å². The van der Waals surface area contributed by atoms with Crippen LogP contribution < -0.4 is 5.32 Å². The van der Waals surface area contributed by atoms with Gasteiger partial charge in [-0.1, -0.05) is 39.0 Å². The van der Waals surface area contributed by atoms with Crippen LogP contribution in [0.15, 0.2) is 42.6 Å². The molecule has 4 rings (SSSR count). The van der Waals surface area contributed by atoms with Crippen molar-refractivity contribution in [2.24, 2.45) is 5.41 Å². The highest BCUT2D eigenvalue weighted by Crippen LogP contribution is 2.35. The summed E-state index contributed by atoms with van der Waals surface area (Å²) in [5.41, 5.74) is 6.53. The standard InChI is InChI=1S/C24H28N4O/c1-16-12-13-18(15-19(16)26-23(29)24(2,3)4)21-22(17-9-6-5-7-10-17)28-20(27-21)11-8-14-25-28/h8-9,11-15H,5-7,10H2,1-4H3,(H,26,29). The van der Waals surface area contributed by atoms with E-state index in [9.17, 15) is 4.79 Å². The van der Waals surface area contributed by atoms with Crippen molar-refractivity contribution in [2.75, 3.05) is 5.32 Å². The number of hydrogen-bond acceptors (Lipinski definition) is 3. The molecule has 29 heavy (non-hydrogen) atoms. The van der Waals surface area contributed by atoms with E-state index in [-0.39, 0.29) is 5.91 Å². The van der Waals surface area contributed by atoms with Crippen LogP contribution in [-0.2, 0) is 4.79 Å². The van der Waals surface area contributed by atoms with Gasteiger partial charge in [0, 0.05) is 22.9 Å². The van der Waals surface area contributed by atoms with Gasteiger partial charge in [0.05, 0.1) is 11.4 Å². The number of carbonyl (C=O) groups excluding carboxylic acids is 1. The highest BCUT2D eigenvalue weighted by atomic mass is 16.2. The molecule has 0 fully saturated rings. The summed E-state index contributed by atoms with van der Waals surface area (Å²) in [6.45, 7) is 7.77. The lowest BCUT2D eigenvalue weighted by Crippen LogP contribution is -2.27. The summed E-state index contributed by atoms with van der Waals surface area (Å²) in [5, 5.41) is 7.66. The lowest BCUT2D eigenvalue weighted by molar-refractivity contribution is -0.123. The molecule has 0 atom stereocenters. The molecule has 0 bridgehead atoms. The number of hydrogen-bond donors (Lipinski definition) is 1. The Kier molecular flexibility index (Phi) is 4.99. The Hall–Kier alpha value is -2.95. The van der Waals surface area contributed by atoms with E-state index in [1.807, 2.05) is 56.5 Å². The molecule has 5 heteroatoms. The second kappa shape index (κ2) is 7.47. The van der Waals surface area contributed by atoms with Crippen LogP contribution in [0.2, 0.25) is 0 Å². The van der Waals surface area contributed by atoms with Crippen LogP contribution in [0, 0.1) is 12.3 Å². The van der Waals surface area contributed by atoms with Crippen molar-refractivity contribution in [1.82, 2.24) is 14.6 Å². The van der Waals surface area contributed by atoms with Gasteiger partial charge < -0.3 is 5.32 Å². The molecule has 0 aliphatic heterocycles. The molecule has 2 heterocycles. The molecule has 3 aromatic rings. The first-order valence-electron chi connectivity index (χ1n) is 10.3. The minimum absolute atomic E-state index is 0.00429. The summed E-state index contributed by atoms with van der Waals surface area (Å²) in [4.78, 5) is 17.4. The van der Waals surface area contributed by atoms with Crippen LogP contribution in [-0.4, -0.2) is 20.5 Å². The van der Waals surface area contributed by atoms with E-state index in [0.717, 1.165) is 46.7 Å². The van der Waals surface area contributed by atoms with Gasteiger partial charge in [-0.2, -0.15) is 5.10 Å². The Morgan fingerprint density at radius 3 is 2.72 bits per heavy atom. The first-order chi connectivity index (χ1) is 13.8. The first-order valence-corrected chi connectivity index (χ1v) is 10.3. The van der Waals surface area contributed by atoms with Crippen LogP contribution in [0.5, 0.6) is 0 Å². The van der Waals surface area contributed by atoms with Gasteiger partial charge in [0.1, 0.15) is 0 Å². The number of benzene rings is 1. The lowest BCUT2D eigenvalue weighted by atomic mass is 9.93. The van der Waals surface area contributed by atoms with Crippen molar-refractivity contribution in [3.63, 3.8) is 0 Å². The van der Waals surface area contributed by atoms with E-state index >= 15 is 0 Å². The summed E-state index contributed by atoms with van der Waals surface area (Å²) >= 11 is 0. The number of amides is 1. The van der Waals surface area contributed by atoms with Crippen molar-refractivity contribution in [3.8, 4) is 11.3 Å². The Morgan fingerprint density at radius 1 is 1.17 bits per heavy atom. The fourth-order valence-corrected chi connectivity index (χ4v) is 3.65. The Morgan fingerprint density at radius 2 is 2.00 bits per heavy atom. The number of anilines is 1. The van der Waals surface area contributed by atoms with Crippen molar-refractivity contribution < 1.29 is 4.79 Å². The van der Waals surface area contributed by atoms with E-state index in [0.29, 0.717) is 0 Å². The fourth-order valence-electron chi connectivity index (χ4n) is 3.65. The van der Waals surface area contributed by atoms with Gasteiger partial charge in [0.2, 0.25) is 5.91 Å². The quantitative estimate of drug-likeness (QED) is 0.631. The largest absolute Gasteiger partial charge is 0.325 e. The molecule has 5 nitrogen and oxygen atoms in total. The molecule has 1 N–H and O–H groups in total. The first kappa shape index (κ1) is 19.4. The molecule has 1 aromatic carbocycles. The maximum atomic E-state index is 12.5. The predicted molar refractivity (Wildman–Crippen MR) is 118 cm³/mol. The molecule has 0 spiro atoms. The SMILES string of the molecule is Cc1ccc(-c2nc3cccnn3c2C2=CCCCC2)cc1NC(=O)C(C)(C)C. The average molecular weight is 389 g/mol. The number of rotatable bonds is 3. The van der Waals surface area contributed by atoms with E-state index in [1.165, 1.54) is 18.4 Å². The Labute approximate surface area is 171 Å². The average Bonchev–Trinajstić information content (AvgIpc) is 3.09. The zero-order chi connectivity index (χ0) is 20.6. The van der Waals surface area contributed by atoms with E-state index < -0.39 is 5.41 Å². The number of nitrogens with one attached hydrogen (secondary N) is 1. The number of aromatic nitrogens is 3. The monoisotopic (exact) mass is 388 g/mol. The van der Waals surface area contributed by atoms with E-state index in [1.54, 1.807) is 6.20 Å². The summed E-state index contributed by atoms with van der Waals surface area (Å²) in [6.07, 6.45) is 8.67. The summed E-state index contributed by atoms with van der Waals surface area (Å²) in [6, 6.07) is 10.1. The molecule has 150 valence electrons. The fraction of sp³-hybridized carbons (Fsp3) is 0.375. The maximum Gasteiger partial charge on any atom is 0.229 e. The zero-order valence-corrected chi connectivity index (χ0v) is 17.6. The summed E-state index contributed by atoms with van der Waals surface area (Å²) in [5.74, 6) is 0.00429. The highest BCUT2D eigenvalue weighted by molar-refractivity contribution is 5.96. The molecule has 1 aliphatic rings. The minimum atomic E-state index is -0.451. The number of imidazole rings is 1. The van der Waals surface area contributed by atoms with Gasteiger partial charge >= 0.3 is 0 Å².